The van der Waals surface area contributed by atoms with Gasteiger partial charge in [0.25, 0.3) is 0 Å². The van der Waals surface area contributed by atoms with E-state index in [0.717, 1.165) is 66.3 Å². The maximum Gasteiger partial charge on any atom is 0.488 e. The number of aliphatic imine (C=N–C) groups is 1. The van der Waals surface area contributed by atoms with E-state index >= 15 is 0 Å². The van der Waals surface area contributed by atoms with E-state index in [0.29, 0.717) is 76.1 Å². The molecular weight excluding hydrogens is 1070 g/mol. The van der Waals surface area contributed by atoms with Gasteiger partial charge in [0.15, 0.2) is 0 Å². The van der Waals surface area contributed by atoms with E-state index in [-0.39, 0.29) is 11.8 Å². The third kappa shape index (κ3) is 13.9. The van der Waals surface area contributed by atoms with Crippen LogP contribution < -0.4 is 32.1 Å². The molecule has 0 unspecified atom stereocenters. The van der Waals surface area contributed by atoms with Crippen molar-refractivity contribution in [2.45, 2.75) is 101 Å². The van der Waals surface area contributed by atoms with Crippen molar-refractivity contribution in [1.29, 1.82) is 0 Å². The Balaban J connectivity index is 1.23. The van der Waals surface area contributed by atoms with Crippen molar-refractivity contribution in [2.24, 2.45) is 15.8 Å². The van der Waals surface area contributed by atoms with Crippen molar-refractivity contribution in [3.63, 3.8) is 0 Å². The lowest BCUT2D eigenvalue weighted by Crippen LogP contribution is -2.49. The second kappa shape index (κ2) is 26.2. The number of nitrogens with one attached hydrogen (secondary N) is 3. The number of allylic oxidation sites excluding steroid dienone is 5. The highest BCUT2D eigenvalue weighted by Gasteiger charge is 2.40. The number of aryl methyl sites for hydroxylation is 1. The quantitative estimate of drug-likeness (QED) is 0.0211. The van der Waals surface area contributed by atoms with Gasteiger partial charge in [0.05, 0.1) is 5.71 Å². The normalized spacial score (nSPS) is 14.5. The average molecular weight is 1160 g/mol. The third-order valence-electron chi connectivity index (χ3n) is 17.0. The molecule has 2 amide bonds. The van der Waals surface area contributed by atoms with Crippen molar-refractivity contribution < 1.29 is 29.7 Å². The molecule has 7 aromatic carbocycles. The average Bonchev–Trinajstić information content (AvgIpc) is 1.35. The van der Waals surface area contributed by atoms with Crippen molar-refractivity contribution >= 4 is 88.8 Å². The van der Waals surface area contributed by atoms with Gasteiger partial charge >= 0.3 is 14.2 Å². The summed E-state index contributed by atoms with van der Waals surface area (Å²) in [7, 11) is -1.68. The molecule has 0 bridgehead atoms. The Bertz CT molecular complexity index is 3780. The molecule has 9 rings (SSSR count). The molecule has 0 saturated heterocycles. The zero-order chi connectivity index (χ0) is 61.0. The summed E-state index contributed by atoms with van der Waals surface area (Å²) in [5.74, 6) is -0.0309. The SMILES string of the molecule is C/N=C1\C=CC2=C(c3cc(-c4ccc5c(CN(CCCNC(=O)C(C)(C)C)Cc6ccccc6B(O)O)c6ccccc6c(CN(CCCNC(=O)C(C)(C)C)Cc6ccccc6B(O)O)c5c4)ccc3C)c3ccc(NC)cc3[Si](C)(C)C2=C1. The Kier molecular flexibility index (Phi) is 19.2. The third-order valence-corrected chi connectivity index (χ3v) is 20.5. The fourth-order valence-corrected chi connectivity index (χ4v) is 15.2. The van der Waals surface area contributed by atoms with Gasteiger partial charge in [-0.05, 0) is 160 Å². The number of amides is 2. The smallest absolute Gasteiger partial charge is 0.423 e. The largest absolute Gasteiger partial charge is 0.488 e. The first kappa shape index (κ1) is 62.3. The van der Waals surface area contributed by atoms with Crippen LogP contribution in [0.4, 0.5) is 5.69 Å². The number of benzene rings is 7. The van der Waals surface area contributed by atoms with E-state index in [9.17, 15) is 29.7 Å². The minimum atomic E-state index is -2.21. The van der Waals surface area contributed by atoms with Crippen LogP contribution in [0.15, 0.2) is 161 Å². The molecule has 0 saturated carbocycles. The van der Waals surface area contributed by atoms with E-state index in [1.165, 1.54) is 38.2 Å². The van der Waals surface area contributed by atoms with Crippen molar-refractivity contribution in [3.05, 3.63) is 195 Å². The Labute approximate surface area is 504 Å². The second-order valence-electron chi connectivity index (χ2n) is 25.5. The van der Waals surface area contributed by atoms with Gasteiger partial charge in [0.2, 0.25) is 11.8 Å². The molecule has 0 atom stereocenters. The number of rotatable bonds is 21. The van der Waals surface area contributed by atoms with Crippen LogP contribution in [0.25, 0.3) is 38.2 Å². The Hall–Kier alpha value is -7.20. The molecule has 85 heavy (non-hydrogen) atoms. The highest BCUT2D eigenvalue weighted by molar-refractivity contribution is 6.98. The maximum atomic E-state index is 13.1. The molecule has 0 aromatic heterocycles. The molecule has 1 heterocycles. The monoisotopic (exact) mass is 1150 g/mol. The summed E-state index contributed by atoms with van der Waals surface area (Å²) in [6.45, 7) is 22.6. The molecule has 12 nitrogen and oxygen atoms in total. The molecule has 1 aliphatic carbocycles. The van der Waals surface area contributed by atoms with Gasteiger partial charge < -0.3 is 36.0 Å². The lowest BCUT2D eigenvalue weighted by molar-refractivity contribution is -0.129. The molecule has 0 fully saturated rings. The number of nitrogens with zero attached hydrogens (tertiary/aromatic N) is 3. The van der Waals surface area contributed by atoms with E-state index in [4.69, 9.17) is 0 Å². The fourth-order valence-electron chi connectivity index (χ4n) is 12.1. The van der Waals surface area contributed by atoms with Crippen LogP contribution in [-0.2, 0) is 35.8 Å². The minimum absolute atomic E-state index is 0.0146. The van der Waals surface area contributed by atoms with Gasteiger partial charge in [-0.1, -0.05) is 164 Å². The Morgan fingerprint density at radius 1 is 0.588 bits per heavy atom. The van der Waals surface area contributed by atoms with E-state index in [2.05, 4.69) is 148 Å². The molecule has 2 aliphatic rings. The van der Waals surface area contributed by atoms with Gasteiger partial charge in [0.1, 0.15) is 8.07 Å². The van der Waals surface area contributed by atoms with Crippen molar-refractivity contribution in [3.8, 4) is 11.1 Å². The van der Waals surface area contributed by atoms with Gasteiger partial charge in [-0.2, -0.15) is 0 Å². The molecular formula is C70H84B2N6O6Si. The summed E-state index contributed by atoms with van der Waals surface area (Å²) < 4.78 is 0. The van der Waals surface area contributed by atoms with Crippen LogP contribution >= 0.6 is 0 Å². The molecule has 0 radical (unpaired) electrons. The van der Waals surface area contributed by atoms with Crippen LogP contribution in [0, 0.1) is 17.8 Å². The van der Waals surface area contributed by atoms with E-state index < -0.39 is 33.1 Å². The lowest BCUT2D eigenvalue weighted by Gasteiger charge is -2.38. The molecule has 7 N–H and O–H groups in total. The summed E-state index contributed by atoms with van der Waals surface area (Å²) in [6, 6.07) is 44.1. The number of hydrogen-bond acceptors (Lipinski definition) is 10. The topological polar surface area (TPSA) is 170 Å². The molecule has 440 valence electrons. The van der Waals surface area contributed by atoms with Gasteiger partial charge in [-0.25, -0.2) is 0 Å². The summed E-state index contributed by atoms with van der Waals surface area (Å²) in [4.78, 5) is 35.6. The summed E-state index contributed by atoms with van der Waals surface area (Å²) in [5.41, 5.74) is 13.9. The fraction of sp³-hybridized carbons (Fsp3) is 0.329. The highest BCUT2D eigenvalue weighted by atomic mass is 28.3. The first-order valence-electron chi connectivity index (χ1n) is 29.9. The first-order chi connectivity index (χ1) is 40.5. The Morgan fingerprint density at radius 2 is 1.09 bits per heavy atom. The summed E-state index contributed by atoms with van der Waals surface area (Å²) in [6.07, 6.45) is 8.03. The number of anilines is 1. The standard InChI is InChI=1S/C70H84B2N6O6Si/c1-46-26-27-47(38-58(46)66-56-32-29-51(73-8)40-64(56)85(10,11)65-41-52(74-9)30-33-57(65)66)48-28-31-55-59(39-48)61(45-78(37-19-35-76-68(80)70(5,6)7)43-50-21-13-17-25-63(50)72(83)84)54-23-15-14-22-53(54)60(55)44-77(36-18-34-75-67(79)69(2,3)4)42-49-20-12-16-24-62(49)71(81)82/h12-17,20-33,38-41,73,81-84H,18-19,34-37,42-45H2,1-11H3,(H,75,79)(H,76,80)/b74-52+. The maximum absolute atomic E-state index is 13.1. The number of carbonyl (C=O) groups is 2. The lowest BCUT2D eigenvalue weighted by atomic mass is 9.77. The molecule has 15 heteroatoms. The first-order valence-corrected chi connectivity index (χ1v) is 32.9. The minimum Gasteiger partial charge on any atom is -0.423 e. The zero-order valence-electron chi connectivity index (χ0n) is 51.5. The van der Waals surface area contributed by atoms with Crippen LogP contribution in [0.5, 0.6) is 0 Å². The number of hydrogen-bond donors (Lipinski definition) is 7. The molecule has 0 spiro atoms. The van der Waals surface area contributed by atoms with Crippen LogP contribution in [-0.4, -0.2) is 110 Å². The van der Waals surface area contributed by atoms with Gasteiger partial charge in [-0.3, -0.25) is 24.4 Å². The van der Waals surface area contributed by atoms with Crippen LogP contribution in [0.2, 0.25) is 13.1 Å². The number of carbonyl (C=O) groups excluding carboxylic acids is 2. The highest BCUT2D eigenvalue weighted by Crippen LogP contribution is 2.44. The summed E-state index contributed by atoms with van der Waals surface area (Å²) >= 11 is 0. The van der Waals surface area contributed by atoms with Crippen molar-refractivity contribution in [2.75, 3.05) is 45.6 Å². The number of fused-ring (bicyclic) bond motifs is 4. The van der Waals surface area contributed by atoms with Crippen LogP contribution in [0.1, 0.15) is 93.3 Å². The van der Waals surface area contributed by atoms with Crippen LogP contribution in [0.3, 0.4) is 0 Å². The Morgan fingerprint density at radius 3 is 1.62 bits per heavy atom. The predicted molar refractivity (Wildman–Crippen MR) is 356 cm³/mol. The van der Waals surface area contributed by atoms with Crippen molar-refractivity contribution in [1.82, 2.24) is 20.4 Å². The van der Waals surface area contributed by atoms with Gasteiger partial charge in [-0.15, -0.1) is 0 Å². The molecule has 1 aliphatic heterocycles. The van der Waals surface area contributed by atoms with E-state index in [1.807, 2.05) is 92.0 Å². The predicted octanol–water partition coefficient (Wildman–Crippen LogP) is 9.32. The molecule has 7 aromatic rings. The second-order valence-corrected chi connectivity index (χ2v) is 29.9. The van der Waals surface area contributed by atoms with E-state index in [1.54, 1.807) is 12.1 Å². The zero-order valence-corrected chi connectivity index (χ0v) is 52.5. The summed E-state index contributed by atoms with van der Waals surface area (Å²) in [5, 5.41) is 59.3. The van der Waals surface area contributed by atoms with Gasteiger partial charge in [0, 0.05) is 83.0 Å².